The van der Waals surface area contributed by atoms with Crippen molar-refractivity contribution < 1.29 is 38.0 Å². The van der Waals surface area contributed by atoms with Crippen LogP contribution in [0.5, 0.6) is 5.75 Å². The van der Waals surface area contributed by atoms with E-state index in [0.29, 0.717) is 10.1 Å². The van der Waals surface area contributed by atoms with Crippen LogP contribution < -0.4 is 4.74 Å². The molecule has 4 unspecified atom stereocenters. The van der Waals surface area contributed by atoms with E-state index in [1.165, 1.54) is 24.3 Å². The summed E-state index contributed by atoms with van der Waals surface area (Å²) in [5.74, 6) is 4.33. The van der Waals surface area contributed by atoms with Crippen LogP contribution in [0.25, 0.3) is 0 Å². The van der Waals surface area contributed by atoms with Crippen LogP contribution in [0.3, 0.4) is 0 Å². The smallest absolute Gasteiger partial charge is 0.324 e. The molecule has 1 aromatic rings. The summed E-state index contributed by atoms with van der Waals surface area (Å²) in [5, 5.41) is 30.2. The second-order valence-corrected chi connectivity index (χ2v) is 9.18. The Kier molecular flexibility index (Phi) is 8.23. The average molecular weight is 442 g/mol. The molecule has 0 aromatic heterocycles. The Bertz CT molecular complexity index is 888. The Balaban J connectivity index is 2.34. The van der Waals surface area contributed by atoms with Gasteiger partial charge in [0, 0.05) is 13.2 Å². The molecule has 0 aliphatic carbocycles. The number of aliphatic hydroxyl groups is 2. The number of carboxylic acids is 1. The molecule has 166 valence electrons. The number of hydrogen-bond donors (Lipinski definition) is 3. The summed E-state index contributed by atoms with van der Waals surface area (Å²) in [4.78, 5) is 11.8. The van der Waals surface area contributed by atoms with Crippen LogP contribution in [-0.4, -0.2) is 78.1 Å². The minimum absolute atomic E-state index is 0.0145. The van der Waals surface area contributed by atoms with Gasteiger partial charge in [0.15, 0.2) is 6.04 Å². The second-order valence-electron chi connectivity index (χ2n) is 7.29. The highest BCUT2D eigenvalue weighted by molar-refractivity contribution is 7.89. The lowest BCUT2D eigenvalue weighted by molar-refractivity contribution is -0.172. The maximum absolute atomic E-state index is 13.2. The molecule has 10 heteroatoms. The quantitative estimate of drug-likeness (QED) is 0.491. The number of β-amino-alcohol motifs (C(OH)–C–C–N with tert-alkyl or cyclic N) is 1. The first-order valence-electron chi connectivity index (χ1n) is 9.44. The molecule has 1 heterocycles. The number of benzene rings is 1. The maximum Gasteiger partial charge on any atom is 0.324 e. The van der Waals surface area contributed by atoms with E-state index in [0.717, 1.165) is 0 Å². The first kappa shape index (κ1) is 24.1. The molecule has 2 rings (SSSR count). The summed E-state index contributed by atoms with van der Waals surface area (Å²) < 4.78 is 37.8. The van der Waals surface area contributed by atoms with Crippen LogP contribution in [0.15, 0.2) is 29.2 Å². The minimum Gasteiger partial charge on any atom is -0.481 e. The fraction of sp³-hybridized carbons (Fsp3) is 0.550. The normalized spacial score (nSPS) is 24.9. The lowest BCUT2D eigenvalue weighted by Gasteiger charge is -2.42. The lowest BCUT2D eigenvalue weighted by Crippen LogP contribution is -2.65. The number of aliphatic carboxylic acids is 1. The van der Waals surface area contributed by atoms with Crippen molar-refractivity contribution in [1.82, 2.24) is 4.31 Å². The van der Waals surface area contributed by atoms with Crippen molar-refractivity contribution in [1.29, 1.82) is 0 Å². The number of carbonyl (C=O) groups is 1. The van der Waals surface area contributed by atoms with Crippen LogP contribution in [-0.2, 0) is 19.6 Å². The minimum atomic E-state index is -4.31. The summed E-state index contributed by atoms with van der Waals surface area (Å²) in [6.45, 7) is 4.98. The number of ether oxygens (including phenoxy) is 2. The summed E-state index contributed by atoms with van der Waals surface area (Å²) in [7, 11) is -4.31. The Hall–Kier alpha value is -2.16. The third-order valence-corrected chi connectivity index (χ3v) is 6.37. The van der Waals surface area contributed by atoms with E-state index >= 15 is 0 Å². The first-order valence-corrected chi connectivity index (χ1v) is 10.9. The predicted octanol–water partition coefficient (Wildman–Crippen LogP) is 0.309. The summed E-state index contributed by atoms with van der Waals surface area (Å²) >= 11 is 0. The van der Waals surface area contributed by atoms with Crippen LogP contribution in [0.2, 0.25) is 0 Å². The molecule has 4 atom stereocenters. The van der Waals surface area contributed by atoms with E-state index in [9.17, 15) is 28.5 Å². The topological polar surface area (TPSA) is 134 Å². The van der Waals surface area contributed by atoms with Crippen LogP contribution in [0, 0.1) is 17.8 Å². The molecular formula is C20H27NO8S. The molecule has 0 amide bonds. The number of aliphatic hydroxyl groups excluding tert-OH is 2. The molecule has 0 spiro atoms. The van der Waals surface area contributed by atoms with Crippen molar-refractivity contribution in [2.75, 3.05) is 19.8 Å². The van der Waals surface area contributed by atoms with Crippen molar-refractivity contribution in [3.05, 3.63) is 24.3 Å². The van der Waals surface area contributed by atoms with Crippen LogP contribution in [0.4, 0.5) is 0 Å². The molecule has 1 fully saturated rings. The number of rotatable bonds is 8. The van der Waals surface area contributed by atoms with E-state index in [1.807, 2.05) is 13.8 Å². The monoisotopic (exact) mass is 441 g/mol. The van der Waals surface area contributed by atoms with Crippen LogP contribution >= 0.6 is 0 Å². The van der Waals surface area contributed by atoms with E-state index in [2.05, 4.69) is 11.8 Å². The highest BCUT2D eigenvalue weighted by Gasteiger charge is 2.51. The standard InChI is InChI=1S/C20H27NO8S/c1-4-5-10-28-14-6-8-15(9-7-14)30(26,27)21-11-16(22)18(23)19(17(21)20(24)25)29-12-13(2)3/h6-9,13,16-19,22-23H,10-12H2,1-3H3,(H,24,25). The van der Waals surface area contributed by atoms with Crippen molar-refractivity contribution in [3.63, 3.8) is 0 Å². The number of carboxylic acid groups (broad SMARTS) is 1. The van der Waals surface area contributed by atoms with E-state index < -0.39 is 46.9 Å². The largest absolute Gasteiger partial charge is 0.481 e. The number of hydrogen-bond acceptors (Lipinski definition) is 7. The van der Waals surface area contributed by atoms with Crippen molar-refractivity contribution in [3.8, 4) is 17.6 Å². The Morgan fingerprint density at radius 2 is 1.90 bits per heavy atom. The lowest BCUT2D eigenvalue weighted by atomic mass is 9.95. The molecule has 0 saturated carbocycles. The van der Waals surface area contributed by atoms with Gasteiger partial charge in [0.2, 0.25) is 10.0 Å². The molecule has 0 bridgehead atoms. The molecule has 3 N–H and O–H groups in total. The highest BCUT2D eigenvalue weighted by atomic mass is 32.2. The molecule has 0 radical (unpaired) electrons. The maximum atomic E-state index is 13.2. The molecule has 1 aliphatic rings. The zero-order valence-corrected chi connectivity index (χ0v) is 17.9. The molecule has 1 aromatic carbocycles. The second kappa shape index (κ2) is 10.2. The van der Waals surface area contributed by atoms with Gasteiger partial charge in [-0.1, -0.05) is 19.8 Å². The van der Waals surface area contributed by atoms with Crippen LogP contribution in [0.1, 0.15) is 20.8 Å². The van der Waals surface area contributed by atoms with Crippen molar-refractivity contribution >= 4 is 16.0 Å². The van der Waals surface area contributed by atoms with Crippen molar-refractivity contribution in [2.24, 2.45) is 5.92 Å². The SMILES string of the molecule is CC#CCOc1ccc(S(=O)(=O)N2CC(O)C(O)C(OCC(C)C)C2C(=O)O)cc1. The molecular weight excluding hydrogens is 414 g/mol. The molecule has 9 nitrogen and oxygen atoms in total. The van der Waals surface area contributed by atoms with Gasteiger partial charge in [-0.15, -0.1) is 5.92 Å². The number of piperidine rings is 1. The van der Waals surface area contributed by atoms with Crippen molar-refractivity contribution in [2.45, 2.75) is 50.0 Å². The van der Waals surface area contributed by atoms with Gasteiger partial charge in [0.25, 0.3) is 0 Å². The van der Waals surface area contributed by atoms with Gasteiger partial charge >= 0.3 is 5.97 Å². The Labute approximate surface area is 176 Å². The Morgan fingerprint density at radius 1 is 1.27 bits per heavy atom. The summed E-state index contributed by atoms with van der Waals surface area (Å²) in [6, 6.07) is 3.74. The van der Waals surface area contributed by atoms with Gasteiger partial charge in [-0.2, -0.15) is 4.31 Å². The van der Waals surface area contributed by atoms with Gasteiger partial charge in [0.1, 0.15) is 24.6 Å². The predicted molar refractivity (Wildman–Crippen MR) is 107 cm³/mol. The van der Waals surface area contributed by atoms with Gasteiger partial charge in [-0.05, 0) is 37.1 Å². The summed E-state index contributed by atoms with van der Waals surface area (Å²) in [6.07, 6.45) is -4.45. The third-order valence-electron chi connectivity index (χ3n) is 4.51. The van der Waals surface area contributed by atoms with Gasteiger partial charge in [-0.3, -0.25) is 4.79 Å². The fourth-order valence-electron chi connectivity index (χ4n) is 3.01. The highest BCUT2D eigenvalue weighted by Crippen LogP contribution is 2.29. The zero-order valence-electron chi connectivity index (χ0n) is 17.1. The Morgan fingerprint density at radius 3 is 2.43 bits per heavy atom. The van der Waals surface area contributed by atoms with E-state index in [-0.39, 0.29) is 24.0 Å². The van der Waals surface area contributed by atoms with E-state index in [1.54, 1.807) is 6.92 Å². The van der Waals surface area contributed by atoms with Gasteiger partial charge in [-0.25, -0.2) is 8.42 Å². The molecule has 1 aliphatic heterocycles. The van der Waals surface area contributed by atoms with Gasteiger partial charge < -0.3 is 24.8 Å². The number of nitrogens with zero attached hydrogens (tertiary/aromatic N) is 1. The fourth-order valence-corrected chi connectivity index (χ4v) is 4.62. The third kappa shape index (κ3) is 5.50. The molecule has 1 saturated heterocycles. The number of sulfonamides is 1. The summed E-state index contributed by atoms with van der Waals surface area (Å²) in [5.41, 5.74) is 0. The zero-order chi connectivity index (χ0) is 22.5. The van der Waals surface area contributed by atoms with Gasteiger partial charge in [0.05, 0.1) is 11.0 Å². The average Bonchev–Trinajstić information content (AvgIpc) is 2.68. The first-order chi connectivity index (χ1) is 14.1. The molecule has 30 heavy (non-hydrogen) atoms. The van der Waals surface area contributed by atoms with E-state index in [4.69, 9.17) is 9.47 Å².